The third-order valence-electron chi connectivity index (χ3n) is 5.50. The predicted octanol–water partition coefficient (Wildman–Crippen LogP) is 5.25. The number of H-pyrrole nitrogens is 2. The molecule has 3 aromatic rings. The smallest absolute Gasteiger partial charge is 0.283 e. The SMILES string of the molecule is O=C1c2ccccc2C(=O)N1n1[nH]c(Oc2ccccc2)c[s+](C2CCCCC2)[nH]1. The van der Waals surface area contributed by atoms with Crippen LogP contribution in [0.3, 0.4) is 0 Å². The van der Waals surface area contributed by atoms with Crippen molar-refractivity contribution in [3.63, 3.8) is 0 Å². The van der Waals surface area contributed by atoms with Crippen molar-refractivity contribution in [3.05, 3.63) is 71.1 Å². The number of imide groups is 1. The zero-order valence-corrected chi connectivity index (χ0v) is 17.2. The number of rotatable bonds is 4. The van der Waals surface area contributed by atoms with Gasteiger partial charge in [-0.05, 0) is 37.1 Å². The minimum Gasteiger partial charge on any atom is -0.435 e. The highest BCUT2D eigenvalue weighted by atomic mass is 32.2. The average Bonchev–Trinajstić information content (AvgIpc) is 3.05. The molecule has 2 amide bonds. The molecular weight excluding hydrogens is 400 g/mol. The lowest BCUT2D eigenvalue weighted by Gasteiger charge is -2.20. The fraction of sp³-hybridized carbons (Fsp3) is 0.273. The Balaban J connectivity index is 1.56. The first-order chi connectivity index (χ1) is 14.7. The molecule has 1 unspecified atom stereocenters. The minimum atomic E-state index is -0.376. The Bertz CT molecular complexity index is 1080. The van der Waals surface area contributed by atoms with Gasteiger partial charge in [-0.1, -0.05) is 46.1 Å². The van der Waals surface area contributed by atoms with Gasteiger partial charge in [-0.3, -0.25) is 9.59 Å². The fourth-order valence-corrected chi connectivity index (χ4v) is 5.89. The van der Waals surface area contributed by atoms with E-state index in [1.807, 2.05) is 35.7 Å². The highest BCUT2D eigenvalue weighted by Gasteiger charge is 2.38. The van der Waals surface area contributed by atoms with Gasteiger partial charge in [-0.25, -0.2) is 5.10 Å². The lowest BCUT2D eigenvalue weighted by molar-refractivity contribution is 0.0869. The number of aromatic nitrogens is 3. The Labute approximate surface area is 176 Å². The van der Waals surface area contributed by atoms with Crippen LogP contribution in [0.5, 0.6) is 11.6 Å². The summed E-state index contributed by atoms with van der Waals surface area (Å²) in [6, 6.07) is 16.4. The predicted molar refractivity (Wildman–Crippen MR) is 115 cm³/mol. The van der Waals surface area contributed by atoms with Crippen LogP contribution < -0.4 is 9.75 Å². The van der Waals surface area contributed by atoms with Crippen LogP contribution in [0.2, 0.25) is 0 Å². The molecule has 154 valence electrons. The Morgan fingerprint density at radius 1 is 0.867 bits per heavy atom. The first-order valence-electron chi connectivity index (χ1n) is 10.2. The zero-order valence-electron chi connectivity index (χ0n) is 16.4. The van der Waals surface area contributed by atoms with Gasteiger partial charge in [0.2, 0.25) is 5.38 Å². The molecule has 0 spiro atoms. The number of hydrogen-bond acceptors (Lipinski definition) is 3. The van der Waals surface area contributed by atoms with Crippen LogP contribution in [0, 0.1) is 0 Å². The molecule has 2 aliphatic rings. The van der Waals surface area contributed by atoms with Crippen molar-refractivity contribution in [3.8, 4) is 11.6 Å². The van der Waals surface area contributed by atoms with Crippen molar-refractivity contribution in [2.75, 3.05) is 5.01 Å². The summed E-state index contributed by atoms with van der Waals surface area (Å²) >= 11 is 0. The molecule has 1 fully saturated rings. The summed E-state index contributed by atoms with van der Waals surface area (Å²) in [7, 11) is -0.376. The number of para-hydroxylation sites is 1. The van der Waals surface area contributed by atoms with E-state index in [0.29, 0.717) is 28.0 Å². The van der Waals surface area contributed by atoms with Crippen LogP contribution >= 0.6 is 10.7 Å². The summed E-state index contributed by atoms with van der Waals surface area (Å²) in [5, 5.41) is 6.66. The number of amides is 2. The molecule has 0 bridgehead atoms. The Morgan fingerprint density at radius 3 is 2.17 bits per heavy atom. The maximum Gasteiger partial charge on any atom is 0.283 e. The molecule has 2 N–H and O–H groups in total. The molecule has 1 aliphatic heterocycles. The molecule has 1 saturated carbocycles. The molecule has 0 radical (unpaired) electrons. The van der Waals surface area contributed by atoms with Gasteiger partial charge in [0.05, 0.1) is 21.8 Å². The molecule has 1 aliphatic carbocycles. The van der Waals surface area contributed by atoms with Crippen LogP contribution in [-0.2, 0) is 0 Å². The highest BCUT2D eigenvalue weighted by Crippen LogP contribution is 2.41. The lowest BCUT2D eigenvalue weighted by atomic mass is 10.0. The van der Waals surface area contributed by atoms with Crippen molar-refractivity contribution in [1.29, 1.82) is 0 Å². The quantitative estimate of drug-likeness (QED) is 0.444. The molecule has 30 heavy (non-hydrogen) atoms. The standard InChI is InChI=1S/C22H23N4O3S/c27-21-18-13-7-8-14-19(18)22(28)25(21)26-23-20(29-16-9-3-1-4-10-16)15-30(24-26)17-11-5-2-6-12-17/h1,3-4,7-10,13-15,17,23-24H,2,5-6,11-12H2/q+1. The lowest BCUT2D eigenvalue weighted by Crippen LogP contribution is -2.42. The average molecular weight is 424 g/mol. The van der Waals surface area contributed by atoms with E-state index in [9.17, 15) is 9.59 Å². The number of nitrogens with one attached hydrogen (secondary N) is 2. The number of hydrogen-bond donors (Lipinski definition) is 2. The van der Waals surface area contributed by atoms with Crippen LogP contribution in [0.25, 0.3) is 0 Å². The Morgan fingerprint density at radius 2 is 1.50 bits per heavy atom. The molecule has 1 aromatic heterocycles. The second-order valence-corrected chi connectivity index (χ2v) is 9.34. The fourth-order valence-electron chi connectivity index (χ4n) is 4.00. The maximum atomic E-state index is 13.0. The number of ether oxygens (including phenoxy) is 1. The van der Waals surface area contributed by atoms with Crippen LogP contribution in [0.1, 0.15) is 58.1 Å². The molecule has 0 saturated heterocycles. The molecule has 1 atom stereocenters. The Kier molecular flexibility index (Phi) is 4.92. The van der Waals surface area contributed by atoms with Crippen molar-refractivity contribution in [2.24, 2.45) is 0 Å². The van der Waals surface area contributed by atoms with Gasteiger partial charge in [0.25, 0.3) is 17.7 Å². The topological polar surface area (TPSA) is 83.1 Å². The summed E-state index contributed by atoms with van der Waals surface area (Å²) in [5.41, 5.74) is 0.812. The molecule has 5 rings (SSSR count). The van der Waals surface area contributed by atoms with Gasteiger partial charge >= 0.3 is 0 Å². The summed E-state index contributed by atoms with van der Waals surface area (Å²) in [6.45, 7) is 0. The van der Waals surface area contributed by atoms with E-state index < -0.39 is 0 Å². The first-order valence-corrected chi connectivity index (χ1v) is 11.5. The number of nitrogens with zero attached hydrogens (tertiary/aromatic N) is 2. The second kappa shape index (κ2) is 7.87. The summed E-state index contributed by atoms with van der Waals surface area (Å²) in [4.78, 5) is 27.4. The molecular formula is C22H23N4O3S+. The van der Waals surface area contributed by atoms with Gasteiger partial charge in [-0.15, -0.1) is 5.01 Å². The van der Waals surface area contributed by atoms with Gasteiger partial charge < -0.3 is 4.74 Å². The summed E-state index contributed by atoms with van der Waals surface area (Å²) in [5.74, 6) is 0.477. The maximum absolute atomic E-state index is 13.0. The molecule has 7 nitrogen and oxygen atoms in total. The van der Waals surface area contributed by atoms with Gasteiger partial charge in [0.15, 0.2) is 5.25 Å². The van der Waals surface area contributed by atoms with E-state index in [1.165, 1.54) is 24.2 Å². The number of fused-ring (bicyclic) bond motifs is 1. The minimum absolute atomic E-state index is 0.358. The van der Waals surface area contributed by atoms with Crippen molar-refractivity contribution in [1.82, 2.24) is 14.5 Å². The summed E-state index contributed by atoms with van der Waals surface area (Å²) < 4.78 is 9.39. The number of aromatic amines is 2. The van der Waals surface area contributed by atoms with Crippen molar-refractivity contribution < 1.29 is 14.3 Å². The van der Waals surface area contributed by atoms with Crippen molar-refractivity contribution in [2.45, 2.75) is 37.4 Å². The van der Waals surface area contributed by atoms with Crippen LogP contribution in [-0.4, -0.2) is 26.3 Å². The first kappa shape index (κ1) is 18.7. The number of carbonyl (C=O) groups excluding carboxylic acids is 2. The third-order valence-corrected chi connectivity index (χ3v) is 7.54. The van der Waals surface area contributed by atoms with Gasteiger partial charge in [0, 0.05) is 12.8 Å². The van der Waals surface area contributed by atoms with Crippen LogP contribution in [0.4, 0.5) is 0 Å². The van der Waals surface area contributed by atoms with E-state index in [4.69, 9.17) is 4.74 Å². The third kappa shape index (κ3) is 3.43. The largest absolute Gasteiger partial charge is 0.435 e. The number of carbonyl (C=O) groups is 2. The molecule has 8 heteroatoms. The van der Waals surface area contributed by atoms with Crippen molar-refractivity contribution >= 4 is 22.5 Å². The molecule has 2 heterocycles. The van der Waals surface area contributed by atoms with Gasteiger partial charge in [0.1, 0.15) is 5.75 Å². The monoisotopic (exact) mass is 423 g/mol. The summed E-state index contributed by atoms with van der Waals surface area (Å²) in [6.07, 6.45) is 5.87. The normalized spacial score (nSPS) is 17.2. The van der Waals surface area contributed by atoms with E-state index in [1.54, 1.807) is 24.3 Å². The zero-order chi connectivity index (χ0) is 20.5. The van der Waals surface area contributed by atoms with E-state index >= 15 is 0 Å². The van der Waals surface area contributed by atoms with E-state index in [2.05, 4.69) is 9.59 Å². The van der Waals surface area contributed by atoms with Crippen LogP contribution in [0.15, 0.2) is 60.0 Å². The van der Waals surface area contributed by atoms with Gasteiger partial charge in [-0.2, -0.15) is 0 Å². The second-order valence-electron chi connectivity index (χ2n) is 7.51. The Hall–Kier alpha value is -3.26. The highest BCUT2D eigenvalue weighted by molar-refractivity contribution is 7.25. The molecule has 2 aromatic carbocycles. The number of benzene rings is 2. The van der Waals surface area contributed by atoms with E-state index in [-0.39, 0.29) is 22.5 Å². The van der Waals surface area contributed by atoms with E-state index in [0.717, 1.165) is 17.9 Å².